The lowest BCUT2D eigenvalue weighted by atomic mass is 10.2. The van der Waals surface area contributed by atoms with Gasteiger partial charge in [-0.2, -0.15) is 0 Å². The molecule has 20 heavy (non-hydrogen) atoms. The normalized spacial score (nSPS) is 11.1. The lowest BCUT2D eigenvalue weighted by Gasteiger charge is -2.11. The zero-order valence-corrected chi connectivity index (χ0v) is 12.7. The van der Waals surface area contributed by atoms with Crippen molar-refractivity contribution in [2.45, 2.75) is 20.4 Å². The number of hydrogen-bond donors (Lipinski definition) is 1. The van der Waals surface area contributed by atoms with Crippen LogP contribution in [-0.4, -0.2) is 28.6 Å². The number of ether oxygens (including phenoxy) is 1. The van der Waals surface area contributed by atoms with Gasteiger partial charge < -0.3 is 10.1 Å². The Hall–Kier alpha value is -1.59. The molecular weight excluding hydrogens is 276 g/mol. The van der Waals surface area contributed by atoms with Crippen molar-refractivity contribution in [3.8, 4) is 11.4 Å². The van der Waals surface area contributed by atoms with E-state index in [1.807, 2.05) is 12.1 Å². The van der Waals surface area contributed by atoms with Crippen molar-refractivity contribution in [1.82, 2.24) is 20.3 Å². The summed E-state index contributed by atoms with van der Waals surface area (Å²) in [5, 5.41) is 12.1. The first kappa shape index (κ1) is 14.8. The Balaban J connectivity index is 2.23. The predicted octanol–water partition coefficient (Wildman–Crippen LogP) is 2.67. The molecule has 0 spiro atoms. The third-order valence-electron chi connectivity index (χ3n) is 2.86. The highest BCUT2D eigenvalue weighted by molar-refractivity contribution is 6.32. The molecule has 0 bridgehead atoms. The minimum atomic E-state index is 0.597. The molecule has 1 aromatic heterocycles. The van der Waals surface area contributed by atoms with Crippen LogP contribution < -0.4 is 10.1 Å². The molecule has 5 nitrogen and oxygen atoms in total. The maximum absolute atomic E-state index is 6.24. The van der Waals surface area contributed by atoms with Crippen molar-refractivity contribution in [1.29, 1.82) is 0 Å². The molecule has 0 aliphatic heterocycles. The maximum atomic E-state index is 6.24. The first-order valence-corrected chi connectivity index (χ1v) is 6.94. The molecule has 0 atom stereocenters. The molecular formula is C14H19ClN4O. The van der Waals surface area contributed by atoms with Crippen LogP contribution in [0.4, 0.5) is 0 Å². The molecule has 0 amide bonds. The van der Waals surface area contributed by atoms with Crippen LogP contribution in [0, 0.1) is 5.92 Å². The van der Waals surface area contributed by atoms with Gasteiger partial charge in [0.2, 0.25) is 0 Å². The Kier molecular flexibility index (Phi) is 4.98. The van der Waals surface area contributed by atoms with Gasteiger partial charge in [-0.25, -0.2) is 4.68 Å². The van der Waals surface area contributed by atoms with Gasteiger partial charge in [-0.15, -0.1) is 5.10 Å². The molecule has 0 aliphatic carbocycles. The molecule has 0 unspecified atom stereocenters. The van der Waals surface area contributed by atoms with Gasteiger partial charge >= 0.3 is 0 Å². The largest absolute Gasteiger partial charge is 0.497 e. The lowest BCUT2D eigenvalue weighted by Crippen LogP contribution is -2.20. The first-order valence-electron chi connectivity index (χ1n) is 6.56. The fourth-order valence-electron chi connectivity index (χ4n) is 1.85. The van der Waals surface area contributed by atoms with Gasteiger partial charge in [0.25, 0.3) is 0 Å². The fourth-order valence-corrected chi connectivity index (χ4v) is 2.05. The third-order valence-corrected chi connectivity index (χ3v) is 3.18. The van der Waals surface area contributed by atoms with Crippen LogP contribution in [0.5, 0.6) is 5.75 Å². The monoisotopic (exact) mass is 294 g/mol. The average Bonchev–Trinajstić information content (AvgIpc) is 2.87. The van der Waals surface area contributed by atoms with Crippen LogP contribution in [0.25, 0.3) is 5.69 Å². The molecule has 1 N–H and O–H groups in total. The summed E-state index contributed by atoms with van der Waals surface area (Å²) in [6.07, 6.45) is 1.74. The molecule has 1 heterocycles. The van der Waals surface area contributed by atoms with E-state index in [-0.39, 0.29) is 0 Å². The van der Waals surface area contributed by atoms with Gasteiger partial charge in [-0.1, -0.05) is 30.7 Å². The second-order valence-corrected chi connectivity index (χ2v) is 5.39. The summed E-state index contributed by atoms with van der Waals surface area (Å²) in [6.45, 7) is 5.97. The number of halogens is 1. The lowest BCUT2D eigenvalue weighted by molar-refractivity contribution is 0.414. The van der Waals surface area contributed by atoms with Crippen molar-refractivity contribution in [2.75, 3.05) is 13.7 Å². The molecule has 108 valence electrons. The van der Waals surface area contributed by atoms with E-state index in [1.54, 1.807) is 24.1 Å². The molecule has 2 aromatic rings. The highest BCUT2D eigenvalue weighted by atomic mass is 35.5. The van der Waals surface area contributed by atoms with E-state index in [0.717, 1.165) is 23.7 Å². The first-order chi connectivity index (χ1) is 9.61. The van der Waals surface area contributed by atoms with Gasteiger partial charge in [-0.3, -0.25) is 0 Å². The number of benzene rings is 1. The van der Waals surface area contributed by atoms with Crippen molar-refractivity contribution in [2.24, 2.45) is 5.92 Å². The number of aromatic nitrogens is 3. The molecule has 0 saturated heterocycles. The van der Waals surface area contributed by atoms with Crippen LogP contribution in [0.15, 0.2) is 24.4 Å². The van der Waals surface area contributed by atoms with E-state index in [9.17, 15) is 0 Å². The quantitative estimate of drug-likeness (QED) is 0.890. The van der Waals surface area contributed by atoms with Gasteiger partial charge in [0.15, 0.2) is 0 Å². The summed E-state index contributed by atoms with van der Waals surface area (Å²) < 4.78 is 6.96. The summed E-state index contributed by atoms with van der Waals surface area (Å²) in [5.74, 6) is 1.33. The number of nitrogens with one attached hydrogen (secondary N) is 1. The Labute approximate surface area is 123 Å². The Bertz CT molecular complexity index is 568. The van der Waals surface area contributed by atoms with E-state index in [2.05, 4.69) is 29.5 Å². The van der Waals surface area contributed by atoms with E-state index < -0.39 is 0 Å². The van der Waals surface area contributed by atoms with Crippen molar-refractivity contribution in [3.63, 3.8) is 0 Å². The van der Waals surface area contributed by atoms with Gasteiger partial charge in [0.1, 0.15) is 5.75 Å². The van der Waals surface area contributed by atoms with Gasteiger partial charge in [0.05, 0.1) is 29.7 Å². The maximum Gasteiger partial charge on any atom is 0.121 e. The zero-order valence-electron chi connectivity index (χ0n) is 11.9. The molecule has 6 heteroatoms. The second-order valence-electron chi connectivity index (χ2n) is 4.98. The van der Waals surface area contributed by atoms with E-state index in [1.165, 1.54) is 0 Å². The number of hydrogen-bond acceptors (Lipinski definition) is 4. The van der Waals surface area contributed by atoms with Crippen molar-refractivity contribution < 1.29 is 4.74 Å². The minimum Gasteiger partial charge on any atom is -0.497 e. The van der Waals surface area contributed by atoms with Crippen LogP contribution in [0.2, 0.25) is 5.02 Å². The fraction of sp³-hybridized carbons (Fsp3) is 0.429. The number of nitrogens with zero attached hydrogens (tertiary/aromatic N) is 3. The minimum absolute atomic E-state index is 0.597. The zero-order chi connectivity index (χ0) is 14.5. The molecule has 1 aromatic carbocycles. The number of methoxy groups -OCH3 is 1. The van der Waals surface area contributed by atoms with E-state index in [4.69, 9.17) is 16.3 Å². The molecule has 0 aliphatic rings. The Morgan fingerprint density at radius 2 is 2.20 bits per heavy atom. The van der Waals surface area contributed by atoms with E-state index >= 15 is 0 Å². The Morgan fingerprint density at radius 3 is 2.90 bits per heavy atom. The average molecular weight is 295 g/mol. The topological polar surface area (TPSA) is 52.0 Å². The van der Waals surface area contributed by atoms with Crippen molar-refractivity contribution in [3.05, 3.63) is 35.1 Å². The standard InChI is InChI=1S/C14H19ClN4O/c1-10(2)7-16-8-11-9-17-18-19(11)14-6-12(20-3)4-5-13(14)15/h4-6,9-10,16H,7-8H2,1-3H3. The summed E-state index contributed by atoms with van der Waals surface area (Å²) in [5.41, 5.74) is 1.73. The SMILES string of the molecule is COc1ccc(Cl)c(-n2nncc2CNCC(C)C)c1. The third kappa shape index (κ3) is 3.49. The summed E-state index contributed by atoms with van der Waals surface area (Å²) >= 11 is 6.24. The van der Waals surface area contributed by atoms with Crippen LogP contribution in [0.1, 0.15) is 19.5 Å². The highest BCUT2D eigenvalue weighted by Gasteiger charge is 2.11. The van der Waals surface area contributed by atoms with Crippen molar-refractivity contribution >= 4 is 11.6 Å². The molecule has 0 radical (unpaired) electrons. The highest BCUT2D eigenvalue weighted by Crippen LogP contribution is 2.25. The van der Waals surface area contributed by atoms with Gasteiger partial charge in [-0.05, 0) is 24.6 Å². The Morgan fingerprint density at radius 1 is 1.40 bits per heavy atom. The van der Waals surface area contributed by atoms with E-state index in [0.29, 0.717) is 17.5 Å². The molecule has 2 rings (SSSR count). The van der Waals surface area contributed by atoms with Crippen LogP contribution in [-0.2, 0) is 6.54 Å². The molecule has 0 saturated carbocycles. The predicted molar refractivity (Wildman–Crippen MR) is 79.5 cm³/mol. The molecule has 0 fully saturated rings. The van der Waals surface area contributed by atoms with Crippen LogP contribution in [0.3, 0.4) is 0 Å². The second kappa shape index (κ2) is 6.72. The summed E-state index contributed by atoms with van der Waals surface area (Å²) in [4.78, 5) is 0. The summed E-state index contributed by atoms with van der Waals surface area (Å²) in [7, 11) is 1.62. The number of rotatable bonds is 6. The van der Waals surface area contributed by atoms with Gasteiger partial charge in [0, 0.05) is 12.6 Å². The summed E-state index contributed by atoms with van der Waals surface area (Å²) in [6, 6.07) is 5.46. The van der Waals surface area contributed by atoms with Crippen LogP contribution >= 0.6 is 11.6 Å². The smallest absolute Gasteiger partial charge is 0.121 e.